The maximum absolute atomic E-state index is 12.1. The summed E-state index contributed by atoms with van der Waals surface area (Å²) in [6.07, 6.45) is 1.60. The van der Waals surface area contributed by atoms with Gasteiger partial charge in [0.2, 0.25) is 0 Å². The summed E-state index contributed by atoms with van der Waals surface area (Å²) in [5, 5.41) is 0. The van der Waals surface area contributed by atoms with Crippen molar-refractivity contribution in [2.24, 2.45) is 11.7 Å². The van der Waals surface area contributed by atoms with Gasteiger partial charge >= 0.3 is 0 Å². The molecule has 4 heteroatoms. The summed E-state index contributed by atoms with van der Waals surface area (Å²) < 4.78 is 5.42. The van der Waals surface area contributed by atoms with Gasteiger partial charge in [0.25, 0.3) is 0 Å². The second kappa shape index (κ2) is 3.67. The lowest BCUT2D eigenvalue weighted by Crippen LogP contribution is -2.40. The van der Waals surface area contributed by atoms with Crippen LogP contribution in [0.25, 0.3) is 11.1 Å². The normalized spacial score (nSPS) is 23.6. The zero-order valence-electron chi connectivity index (χ0n) is 9.64. The van der Waals surface area contributed by atoms with Crippen molar-refractivity contribution in [3.8, 4) is 0 Å². The van der Waals surface area contributed by atoms with E-state index in [1.165, 1.54) is 0 Å². The molecule has 1 aliphatic rings. The quantitative estimate of drug-likeness (QED) is 0.802. The molecule has 4 nitrogen and oxygen atoms in total. The Labute approximate surface area is 98.8 Å². The van der Waals surface area contributed by atoms with Crippen molar-refractivity contribution in [1.82, 2.24) is 4.98 Å². The third-order valence-electron chi connectivity index (χ3n) is 3.33. The van der Waals surface area contributed by atoms with Gasteiger partial charge < -0.3 is 10.2 Å². The summed E-state index contributed by atoms with van der Waals surface area (Å²) >= 11 is 0. The summed E-state index contributed by atoms with van der Waals surface area (Å²) in [7, 11) is 0. The fourth-order valence-electron chi connectivity index (χ4n) is 2.30. The number of fused-ring (bicyclic) bond motifs is 1. The van der Waals surface area contributed by atoms with Gasteiger partial charge in [0.15, 0.2) is 17.3 Å². The molecule has 17 heavy (non-hydrogen) atoms. The number of rotatable bonds is 2. The first-order chi connectivity index (χ1) is 8.13. The maximum atomic E-state index is 12.1. The Balaban J connectivity index is 1.92. The molecular formula is C13H14N2O2. The average molecular weight is 230 g/mol. The van der Waals surface area contributed by atoms with E-state index in [1.54, 1.807) is 13.0 Å². The van der Waals surface area contributed by atoms with Crippen LogP contribution in [0, 0.1) is 12.8 Å². The van der Waals surface area contributed by atoms with E-state index in [9.17, 15) is 4.79 Å². The number of nitrogens with two attached hydrogens (primary N) is 1. The average Bonchev–Trinajstić information content (AvgIpc) is 2.62. The molecule has 1 saturated carbocycles. The molecule has 1 heterocycles. The molecule has 0 aliphatic heterocycles. The van der Waals surface area contributed by atoms with Crippen LogP contribution in [-0.2, 0) is 0 Å². The number of ketones is 1. The van der Waals surface area contributed by atoms with Crippen LogP contribution in [0.5, 0.6) is 0 Å². The summed E-state index contributed by atoms with van der Waals surface area (Å²) in [5.41, 5.74) is 7.87. The second-order valence-corrected chi connectivity index (χ2v) is 4.71. The van der Waals surface area contributed by atoms with Gasteiger partial charge in [-0.25, -0.2) is 4.98 Å². The highest BCUT2D eigenvalue weighted by Crippen LogP contribution is 2.30. The van der Waals surface area contributed by atoms with E-state index in [-0.39, 0.29) is 17.7 Å². The zero-order chi connectivity index (χ0) is 12.0. The van der Waals surface area contributed by atoms with E-state index >= 15 is 0 Å². The number of oxazole rings is 1. The van der Waals surface area contributed by atoms with Crippen LogP contribution in [0.15, 0.2) is 22.6 Å². The minimum atomic E-state index is 0.0893. The van der Waals surface area contributed by atoms with Crippen molar-refractivity contribution in [3.05, 3.63) is 29.7 Å². The summed E-state index contributed by atoms with van der Waals surface area (Å²) in [6, 6.07) is 5.62. The number of carbonyl (C=O) groups is 1. The van der Waals surface area contributed by atoms with Crippen molar-refractivity contribution in [2.75, 3.05) is 0 Å². The molecule has 3 rings (SSSR count). The fourth-order valence-corrected chi connectivity index (χ4v) is 2.30. The lowest BCUT2D eigenvalue weighted by atomic mass is 9.76. The van der Waals surface area contributed by atoms with Gasteiger partial charge in [0.05, 0.1) is 0 Å². The van der Waals surface area contributed by atoms with Crippen molar-refractivity contribution in [1.29, 1.82) is 0 Å². The van der Waals surface area contributed by atoms with E-state index in [4.69, 9.17) is 10.2 Å². The van der Waals surface area contributed by atoms with Crippen LogP contribution in [0.1, 0.15) is 29.1 Å². The van der Waals surface area contributed by atoms with Crippen LogP contribution in [0.4, 0.5) is 0 Å². The largest absolute Gasteiger partial charge is 0.441 e. The molecule has 0 radical (unpaired) electrons. The highest BCUT2D eigenvalue weighted by Gasteiger charge is 2.32. The van der Waals surface area contributed by atoms with Crippen LogP contribution in [0.2, 0.25) is 0 Å². The third-order valence-corrected chi connectivity index (χ3v) is 3.33. The van der Waals surface area contributed by atoms with Crippen LogP contribution >= 0.6 is 0 Å². The SMILES string of the molecule is Cc1nc2ccc(C(=O)C3CC(N)C3)cc2o1. The lowest BCUT2D eigenvalue weighted by molar-refractivity contribution is 0.0832. The molecule has 0 amide bonds. The number of aromatic nitrogens is 1. The molecule has 0 saturated heterocycles. The summed E-state index contributed by atoms with van der Waals surface area (Å²) in [5.74, 6) is 0.879. The van der Waals surface area contributed by atoms with Crippen LogP contribution in [0.3, 0.4) is 0 Å². The van der Waals surface area contributed by atoms with Crippen molar-refractivity contribution >= 4 is 16.9 Å². The van der Waals surface area contributed by atoms with E-state index < -0.39 is 0 Å². The van der Waals surface area contributed by atoms with Crippen molar-refractivity contribution < 1.29 is 9.21 Å². The molecule has 1 aliphatic carbocycles. The van der Waals surface area contributed by atoms with E-state index in [2.05, 4.69) is 4.98 Å². The molecule has 2 N–H and O–H groups in total. The summed E-state index contributed by atoms with van der Waals surface area (Å²) in [4.78, 5) is 16.3. The number of aryl methyl sites for hydroxylation is 1. The zero-order valence-corrected chi connectivity index (χ0v) is 9.64. The highest BCUT2D eigenvalue weighted by atomic mass is 16.3. The Morgan fingerprint density at radius 2 is 2.24 bits per heavy atom. The van der Waals surface area contributed by atoms with Gasteiger partial charge in [-0.1, -0.05) is 0 Å². The Kier molecular flexibility index (Phi) is 2.26. The van der Waals surface area contributed by atoms with E-state index in [0.717, 1.165) is 18.4 Å². The smallest absolute Gasteiger partial charge is 0.192 e. The Bertz CT molecular complexity index is 582. The van der Waals surface area contributed by atoms with Crippen molar-refractivity contribution in [3.63, 3.8) is 0 Å². The number of Topliss-reactive ketones (excluding diaryl/α,β-unsaturated/α-hetero) is 1. The predicted octanol–water partition coefficient (Wildman–Crippen LogP) is 2.06. The third kappa shape index (κ3) is 1.74. The fraction of sp³-hybridized carbons (Fsp3) is 0.385. The molecule has 0 atom stereocenters. The first kappa shape index (κ1) is 10.5. The molecule has 2 aromatic rings. The van der Waals surface area contributed by atoms with Gasteiger partial charge in [-0.05, 0) is 31.0 Å². The van der Waals surface area contributed by atoms with Gasteiger partial charge in [-0.2, -0.15) is 0 Å². The Morgan fingerprint density at radius 3 is 2.94 bits per heavy atom. The molecule has 1 aromatic heterocycles. The van der Waals surface area contributed by atoms with Gasteiger partial charge in [-0.3, -0.25) is 4.79 Å². The minimum absolute atomic E-state index is 0.0893. The standard InChI is InChI=1S/C13H14N2O2/c1-7-15-11-3-2-8(6-12(11)17-7)13(16)9-4-10(14)5-9/h2-3,6,9-10H,4-5,14H2,1H3. The second-order valence-electron chi connectivity index (χ2n) is 4.71. The number of hydrogen-bond donors (Lipinski definition) is 1. The number of nitrogens with zero attached hydrogens (tertiary/aromatic N) is 1. The molecule has 0 spiro atoms. The van der Waals surface area contributed by atoms with Gasteiger partial charge in [0.1, 0.15) is 5.52 Å². The van der Waals surface area contributed by atoms with E-state index in [1.807, 2.05) is 12.1 Å². The predicted molar refractivity (Wildman–Crippen MR) is 63.8 cm³/mol. The van der Waals surface area contributed by atoms with E-state index in [0.29, 0.717) is 17.0 Å². The van der Waals surface area contributed by atoms with Crippen LogP contribution < -0.4 is 5.73 Å². The first-order valence-corrected chi connectivity index (χ1v) is 5.80. The summed E-state index contributed by atoms with van der Waals surface area (Å²) in [6.45, 7) is 1.80. The molecular weight excluding hydrogens is 216 g/mol. The molecule has 0 bridgehead atoms. The molecule has 1 aromatic carbocycles. The van der Waals surface area contributed by atoms with Crippen LogP contribution in [-0.4, -0.2) is 16.8 Å². The van der Waals surface area contributed by atoms with Crippen molar-refractivity contribution in [2.45, 2.75) is 25.8 Å². The molecule has 88 valence electrons. The van der Waals surface area contributed by atoms with Gasteiger partial charge in [-0.15, -0.1) is 0 Å². The first-order valence-electron chi connectivity index (χ1n) is 5.80. The number of hydrogen-bond acceptors (Lipinski definition) is 4. The minimum Gasteiger partial charge on any atom is -0.441 e. The Hall–Kier alpha value is -1.68. The lowest BCUT2D eigenvalue weighted by Gasteiger charge is -2.31. The molecule has 0 unspecified atom stereocenters. The highest BCUT2D eigenvalue weighted by molar-refractivity contribution is 6.00. The van der Waals surface area contributed by atoms with Gasteiger partial charge in [0, 0.05) is 24.4 Å². The number of carbonyl (C=O) groups excluding carboxylic acids is 1. The monoisotopic (exact) mass is 230 g/mol. The molecule has 1 fully saturated rings. The Morgan fingerprint density at radius 1 is 1.47 bits per heavy atom. The maximum Gasteiger partial charge on any atom is 0.192 e. The number of benzene rings is 1. The topological polar surface area (TPSA) is 69.1 Å².